The van der Waals surface area contributed by atoms with E-state index < -0.39 is 12.3 Å². The summed E-state index contributed by atoms with van der Waals surface area (Å²) >= 11 is 0. The summed E-state index contributed by atoms with van der Waals surface area (Å²) in [6.45, 7) is 0. The fraction of sp³-hybridized carbons (Fsp3) is 0.929. The van der Waals surface area contributed by atoms with Gasteiger partial charge in [0.25, 0.3) is 0 Å². The van der Waals surface area contributed by atoms with E-state index in [1.807, 2.05) is 4.90 Å². The summed E-state index contributed by atoms with van der Waals surface area (Å²) in [6, 6.07) is 0.205. The number of fused-ring (bicyclic) bond motifs is 3. The van der Waals surface area contributed by atoms with E-state index in [2.05, 4.69) is 0 Å². The fourth-order valence-electron chi connectivity index (χ4n) is 4.80. The van der Waals surface area contributed by atoms with Gasteiger partial charge in [0.1, 0.15) is 12.3 Å². The molecule has 4 heteroatoms. The number of piperidine rings is 1. The molecule has 0 aromatic heterocycles. The van der Waals surface area contributed by atoms with Crippen molar-refractivity contribution in [3.63, 3.8) is 0 Å². The molecule has 0 spiro atoms. The molecule has 4 aliphatic rings. The molecule has 2 bridgehead atoms. The summed E-state index contributed by atoms with van der Waals surface area (Å²) in [5, 5.41) is 0. The molecule has 100 valence electrons. The Bertz CT molecular complexity index is 374. The van der Waals surface area contributed by atoms with Crippen LogP contribution in [-0.2, 0) is 4.79 Å². The molecule has 2 aliphatic heterocycles. The quantitative estimate of drug-likeness (QED) is 0.705. The van der Waals surface area contributed by atoms with Crippen LogP contribution < -0.4 is 0 Å². The zero-order chi connectivity index (χ0) is 12.4. The smallest absolute Gasteiger partial charge is 0.226 e. The first-order valence-electron chi connectivity index (χ1n) is 7.27. The molecule has 2 heterocycles. The number of rotatable bonds is 1. The first kappa shape index (κ1) is 11.2. The van der Waals surface area contributed by atoms with E-state index in [-0.39, 0.29) is 29.8 Å². The van der Waals surface area contributed by atoms with Crippen LogP contribution in [0.15, 0.2) is 0 Å². The van der Waals surface area contributed by atoms with Gasteiger partial charge in [0, 0.05) is 23.9 Å². The van der Waals surface area contributed by atoms with Gasteiger partial charge in [-0.3, -0.25) is 4.79 Å². The Kier molecular flexibility index (Phi) is 2.28. The third-order valence-electron chi connectivity index (χ3n) is 5.64. The van der Waals surface area contributed by atoms with Gasteiger partial charge in [-0.15, -0.1) is 0 Å². The van der Waals surface area contributed by atoms with Gasteiger partial charge in [0.15, 0.2) is 0 Å². The minimum Gasteiger partial charge on any atom is -0.336 e. The zero-order valence-electron chi connectivity index (χ0n) is 10.4. The van der Waals surface area contributed by atoms with Gasteiger partial charge in [-0.05, 0) is 44.4 Å². The molecular weight excluding hydrogens is 236 g/mol. The van der Waals surface area contributed by atoms with Crippen LogP contribution in [0.2, 0.25) is 0 Å². The zero-order valence-corrected chi connectivity index (χ0v) is 10.4. The monoisotopic (exact) mass is 255 g/mol. The van der Waals surface area contributed by atoms with Crippen molar-refractivity contribution in [3.8, 4) is 0 Å². The molecular formula is C14H19F2NO. The normalized spacial score (nSPS) is 53.4. The lowest BCUT2D eigenvalue weighted by molar-refractivity contribution is -0.139. The molecule has 1 amide bonds. The molecule has 18 heavy (non-hydrogen) atoms. The molecule has 2 aliphatic carbocycles. The van der Waals surface area contributed by atoms with E-state index in [1.54, 1.807) is 0 Å². The van der Waals surface area contributed by atoms with Gasteiger partial charge in [-0.2, -0.15) is 0 Å². The van der Waals surface area contributed by atoms with Crippen LogP contribution in [0.5, 0.6) is 0 Å². The topological polar surface area (TPSA) is 20.3 Å². The number of hydrogen-bond acceptors (Lipinski definition) is 1. The molecule has 7 atom stereocenters. The maximum Gasteiger partial charge on any atom is 0.226 e. The highest BCUT2D eigenvalue weighted by Crippen LogP contribution is 2.60. The van der Waals surface area contributed by atoms with E-state index >= 15 is 0 Å². The number of hydrogen-bond donors (Lipinski definition) is 0. The lowest BCUT2D eigenvalue weighted by atomic mass is 9.99. The first-order valence-corrected chi connectivity index (χ1v) is 7.27. The van der Waals surface area contributed by atoms with Crippen molar-refractivity contribution in [3.05, 3.63) is 0 Å². The van der Waals surface area contributed by atoms with E-state index in [0.29, 0.717) is 25.2 Å². The van der Waals surface area contributed by atoms with Crippen LogP contribution in [-0.4, -0.2) is 35.2 Å². The Morgan fingerprint density at radius 2 is 1.67 bits per heavy atom. The molecule has 5 unspecified atom stereocenters. The van der Waals surface area contributed by atoms with Crippen molar-refractivity contribution in [2.45, 2.75) is 63.0 Å². The Hall–Kier alpha value is -0.670. The molecule has 4 rings (SSSR count). The van der Waals surface area contributed by atoms with Crippen LogP contribution in [0.1, 0.15) is 38.5 Å². The first-order chi connectivity index (χ1) is 8.66. The summed E-state index contributed by atoms with van der Waals surface area (Å²) in [5.74, 6) is 0.384. The molecule has 0 radical (unpaired) electrons. The summed E-state index contributed by atoms with van der Waals surface area (Å²) < 4.78 is 27.1. The fourth-order valence-corrected chi connectivity index (χ4v) is 4.80. The van der Waals surface area contributed by atoms with Crippen molar-refractivity contribution < 1.29 is 13.6 Å². The lowest BCUT2D eigenvalue weighted by Crippen LogP contribution is -2.48. The molecule has 0 aromatic carbocycles. The van der Waals surface area contributed by atoms with E-state index in [0.717, 1.165) is 19.3 Å². The molecule has 0 N–H and O–H groups in total. The molecule has 4 fully saturated rings. The molecule has 0 aromatic rings. The third kappa shape index (κ3) is 1.41. The van der Waals surface area contributed by atoms with Crippen molar-refractivity contribution in [2.24, 2.45) is 17.8 Å². The lowest BCUT2D eigenvalue weighted by Gasteiger charge is -2.37. The number of alkyl halides is 2. The standard InChI is InChI=1S/C14H19F2NO/c15-7-5-8-1-2-9(6-7)17(8)14(18)13-10-3-4-11(16)12(10)13/h7-13H,1-6H2/t7?,8-,9+,10?,11?,12?,13?. The van der Waals surface area contributed by atoms with Crippen molar-refractivity contribution in [1.82, 2.24) is 4.90 Å². The number of carbonyl (C=O) groups excluding carboxylic acids is 1. The van der Waals surface area contributed by atoms with Crippen LogP contribution in [0, 0.1) is 17.8 Å². The van der Waals surface area contributed by atoms with Crippen LogP contribution in [0.3, 0.4) is 0 Å². The van der Waals surface area contributed by atoms with E-state index in [9.17, 15) is 13.6 Å². The van der Waals surface area contributed by atoms with Gasteiger partial charge in [0.2, 0.25) is 5.91 Å². The highest BCUT2D eigenvalue weighted by molar-refractivity contribution is 5.83. The van der Waals surface area contributed by atoms with Gasteiger partial charge in [-0.25, -0.2) is 8.78 Å². The molecule has 2 nitrogen and oxygen atoms in total. The van der Waals surface area contributed by atoms with Crippen molar-refractivity contribution in [1.29, 1.82) is 0 Å². The van der Waals surface area contributed by atoms with E-state index in [4.69, 9.17) is 0 Å². The van der Waals surface area contributed by atoms with Gasteiger partial charge < -0.3 is 4.90 Å². The van der Waals surface area contributed by atoms with Crippen molar-refractivity contribution >= 4 is 5.91 Å². The minimum atomic E-state index is -0.764. The number of nitrogens with zero attached hydrogens (tertiary/aromatic N) is 1. The number of carbonyl (C=O) groups is 1. The summed E-state index contributed by atoms with van der Waals surface area (Å²) in [7, 11) is 0. The van der Waals surface area contributed by atoms with Gasteiger partial charge in [-0.1, -0.05) is 0 Å². The highest BCUT2D eigenvalue weighted by Gasteiger charge is 2.64. The Labute approximate surface area is 106 Å². The highest BCUT2D eigenvalue weighted by atomic mass is 19.1. The number of amides is 1. The predicted octanol–water partition coefficient (Wildman–Crippen LogP) is 2.47. The average molecular weight is 255 g/mol. The SMILES string of the molecule is O=C(C1C2CCC(F)C21)N1[C@@H]2CC[C@H]1CC(F)C2. The summed E-state index contributed by atoms with van der Waals surface area (Å²) in [4.78, 5) is 14.5. The maximum atomic E-state index is 13.6. The Balaban J connectivity index is 1.50. The Morgan fingerprint density at radius 3 is 2.22 bits per heavy atom. The van der Waals surface area contributed by atoms with Gasteiger partial charge >= 0.3 is 0 Å². The predicted molar refractivity (Wildman–Crippen MR) is 62.4 cm³/mol. The second-order valence-corrected chi connectivity index (χ2v) is 6.56. The minimum absolute atomic E-state index is 0. The second-order valence-electron chi connectivity index (χ2n) is 6.56. The average Bonchev–Trinajstić information content (AvgIpc) is 2.85. The third-order valence-corrected chi connectivity index (χ3v) is 5.64. The van der Waals surface area contributed by atoms with Crippen LogP contribution >= 0.6 is 0 Å². The van der Waals surface area contributed by atoms with Crippen LogP contribution in [0.25, 0.3) is 0 Å². The van der Waals surface area contributed by atoms with E-state index in [1.165, 1.54) is 0 Å². The largest absolute Gasteiger partial charge is 0.336 e. The molecule has 2 saturated heterocycles. The summed E-state index contributed by atoms with van der Waals surface area (Å²) in [5.41, 5.74) is 0. The maximum absolute atomic E-state index is 13.6. The second kappa shape index (κ2) is 3.67. The van der Waals surface area contributed by atoms with Crippen molar-refractivity contribution in [2.75, 3.05) is 0 Å². The Morgan fingerprint density at radius 1 is 1.00 bits per heavy atom. The summed E-state index contributed by atoms with van der Waals surface area (Å²) in [6.07, 6.45) is 2.90. The van der Waals surface area contributed by atoms with Gasteiger partial charge in [0.05, 0.1) is 0 Å². The number of halogens is 2. The molecule has 2 saturated carbocycles. The van der Waals surface area contributed by atoms with Crippen LogP contribution in [0.4, 0.5) is 8.78 Å².